The van der Waals surface area contributed by atoms with Gasteiger partial charge >= 0.3 is 0 Å². The molecule has 0 saturated heterocycles. The van der Waals surface area contributed by atoms with E-state index in [4.69, 9.17) is 5.73 Å². The van der Waals surface area contributed by atoms with Gasteiger partial charge in [-0.2, -0.15) is 0 Å². The molecular formula is C9H17N. The molecule has 0 spiro atoms. The van der Waals surface area contributed by atoms with Crippen molar-refractivity contribution in [3.8, 4) is 0 Å². The Balaban J connectivity index is 2.75. The highest BCUT2D eigenvalue weighted by molar-refractivity contribution is 5.05. The maximum absolute atomic E-state index is 6.06. The second-order valence-corrected chi connectivity index (χ2v) is 3.79. The Morgan fingerprint density at radius 1 is 1.50 bits per heavy atom. The average Bonchev–Trinajstić information content (AvgIpc) is 1.83. The summed E-state index contributed by atoms with van der Waals surface area (Å²) in [5.74, 6) is 1.25. The molecule has 1 heteroatoms. The molecule has 58 valence electrons. The van der Waals surface area contributed by atoms with Crippen LogP contribution in [-0.4, -0.2) is 5.54 Å². The first kappa shape index (κ1) is 7.80. The third-order valence-electron chi connectivity index (χ3n) is 2.83. The zero-order chi connectivity index (χ0) is 7.78. The third kappa shape index (κ3) is 1.24. The van der Waals surface area contributed by atoms with Gasteiger partial charge in [0.25, 0.3) is 0 Å². The molecule has 0 heterocycles. The second kappa shape index (κ2) is 2.39. The fraction of sp³-hybridized carbons (Fsp3) is 0.778. The largest absolute Gasteiger partial charge is 0.325 e. The van der Waals surface area contributed by atoms with Crippen molar-refractivity contribution in [2.45, 2.75) is 32.7 Å². The van der Waals surface area contributed by atoms with E-state index in [-0.39, 0.29) is 5.54 Å². The standard InChI is InChI=1S/C9H17N/c1-7-5-4-6-9(3,10)8(7)2/h4-5,7-8H,6,10H2,1-3H3/t7-,8?,9?/m0/s1. The Morgan fingerprint density at radius 2 is 2.10 bits per heavy atom. The Kier molecular flexibility index (Phi) is 1.86. The second-order valence-electron chi connectivity index (χ2n) is 3.79. The summed E-state index contributed by atoms with van der Waals surface area (Å²) < 4.78 is 0. The number of rotatable bonds is 0. The van der Waals surface area contributed by atoms with Crippen LogP contribution < -0.4 is 5.73 Å². The molecule has 1 aliphatic rings. The molecule has 1 aliphatic carbocycles. The van der Waals surface area contributed by atoms with Gasteiger partial charge in [-0.25, -0.2) is 0 Å². The van der Waals surface area contributed by atoms with Crippen molar-refractivity contribution in [2.24, 2.45) is 17.6 Å². The first-order valence-electron chi connectivity index (χ1n) is 3.99. The minimum Gasteiger partial charge on any atom is -0.325 e. The Labute approximate surface area is 63.3 Å². The molecule has 0 bridgehead atoms. The van der Waals surface area contributed by atoms with Crippen molar-refractivity contribution in [3.05, 3.63) is 12.2 Å². The molecule has 0 amide bonds. The van der Waals surface area contributed by atoms with Gasteiger partial charge in [-0.1, -0.05) is 26.0 Å². The summed E-state index contributed by atoms with van der Waals surface area (Å²) in [7, 11) is 0. The first-order valence-corrected chi connectivity index (χ1v) is 3.99. The zero-order valence-electron chi connectivity index (χ0n) is 7.09. The van der Waals surface area contributed by atoms with Crippen LogP contribution in [0.25, 0.3) is 0 Å². The van der Waals surface area contributed by atoms with Crippen LogP contribution in [0.3, 0.4) is 0 Å². The normalized spacial score (nSPS) is 47.6. The molecule has 0 aliphatic heterocycles. The molecule has 1 nitrogen and oxygen atoms in total. The highest BCUT2D eigenvalue weighted by Crippen LogP contribution is 2.30. The number of hydrogen-bond acceptors (Lipinski definition) is 1. The Bertz CT molecular complexity index is 147. The summed E-state index contributed by atoms with van der Waals surface area (Å²) >= 11 is 0. The van der Waals surface area contributed by atoms with Gasteiger partial charge in [-0.15, -0.1) is 0 Å². The fourth-order valence-electron chi connectivity index (χ4n) is 1.49. The van der Waals surface area contributed by atoms with Gasteiger partial charge in [0.15, 0.2) is 0 Å². The summed E-state index contributed by atoms with van der Waals surface area (Å²) in [6.45, 7) is 6.59. The van der Waals surface area contributed by atoms with E-state index < -0.39 is 0 Å². The van der Waals surface area contributed by atoms with Crippen molar-refractivity contribution in [1.29, 1.82) is 0 Å². The smallest absolute Gasteiger partial charge is 0.0191 e. The van der Waals surface area contributed by atoms with Crippen molar-refractivity contribution in [2.75, 3.05) is 0 Å². The first-order chi connectivity index (χ1) is 4.54. The van der Waals surface area contributed by atoms with Crippen LogP contribution in [0.2, 0.25) is 0 Å². The van der Waals surface area contributed by atoms with Gasteiger partial charge in [0.1, 0.15) is 0 Å². The van der Waals surface area contributed by atoms with E-state index in [1.165, 1.54) is 0 Å². The van der Waals surface area contributed by atoms with E-state index in [0.29, 0.717) is 11.8 Å². The molecule has 0 fully saturated rings. The fourth-order valence-corrected chi connectivity index (χ4v) is 1.49. The molecule has 1 rings (SSSR count). The summed E-state index contributed by atoms with van der Waals surface area (Å²) in [6.07, 6.45) is 5.49. The van der Waals surface area contributed by atoms with Crippen LogP contribution in [0.15, 0.2) is 12.2 Å². The SMILES string of the molecule is CC1[C@@H](C)C=CCC1(C)N. The van der Waals surface area contributed by atoms with Crippen molar-refractivity contribution in [1.82, 2.24) is 0 Å². The molecule has 2 unspecified atom stereocenters. The third-order valence-corrected chi connectivity index (χ3v) is 2.83. The number of hydrogen-bond donors (Lipinski definition) is 1. The maximum Gasteiger partial charge on any atom is 0.0191 e. The van der Waals surface area contributed by atoms with Crippen LogP contribution in [0.5, 0.6) is 0 Å². The molecule has 2 N–H and O–H groups in total. The monoisotopic (exact) mass is 139 g/mol. The Morgan fingerprint density at radius 3 is 2.50 bits per heavy atom. The van der Waals surface area contributed by atoms with E-state index in [9.17, 15) is 0 Å². The minimum absolute atomic E-state index is 0.0220. The van der Waals surface area contributed by atoms with Gasteiger partial charge in [0, 0.05) is 5.54 Å². The lowest BCUT2D eigenvalue weighted by Gasteiger charge is -2.37. The predicted molar refractivity (Wildman–Crippen MR) is 44.7 cm³/mol. The zero-order valence-corrected chi connectivity index (χ0v) is 7.09. The van der Waals surface area contributed by atoms with Gasteiger partial charge in [0.05, 0.1) is 0 Å². The highest BCUT2D eigenvalue weighted by atomic mass is 14.7. The molecule has 0 radical (unpaired) electrons. The molecule has 0 aromatic heterocycles. The molecule has 0 saturated carbocycles. The van der Waals surface area contributed by atoms with Crippen LogP contribution in [0.1, 0.15) is 27.2 Å². The van der Waals surface area contributed by atoms with Crippen LogP contribution in [0.4, 0.5) is 0 Å². The quantitative estimate of drug-likeness (QED) is 0.510. The summed E-state index contributed by atoms with van der Waals surface area (Å²) in [6, 6.07) is 0. The molecule has 3 atom stereocenters. The molecule has 10 heavy (non-hydrogen) atoms. The molecular weight excluding hydrogens is 122 g/mol. The lowest BCUT2D eigenvalue weighted by molar-refractivity contribution is 0.252. The molecule has 0 aromatic rings. The maximum atomic E-state index is 6.06. The lowest BCUT2D eigenvalue weighted by Crippen LogP contribution is -2.46. The van der Waals surface area contributed by atoms with E-state index in [1.807, 2.05) is 0 Å². The van der Waals surface area contributed by atoms with Crippen LogP contribution >= 0.6 is 0 Å². The molecule has 0 aromatic carbocycles. The topological polar surface area (TPSA) is 26.0 Å². The van der Waals surface area contributed by atoms with E-state index in [2.05, 4.69) is 32.9 Å². The Hall–Kier alpha value is -0.300. The predicted octanol–water partition coefficient (Wildman–Crippen LogP) is 1.94. The highest BCUT2D eigenvalue weighted by Gasteiger charge is 2.30. The minimum atomic E-state index is 0.0220. The van der Waals surface area contributed by atoms with Gasteiger partial charge in [-0.05, 0) is 25.2 Å². The average molecular weight is 139 g/mol. The van der Waals surface area contributed by atoms with E-state index in [0.717, 1.165) is 6.42 Å². The number of allylic oxidation sites excluding steroid dienone is 1. The van der Waals surface area contributed by atoms with E-state index in [1.54, 1.807) is 0 Å². The van der Waals surface area contributed by atoms with Crippen molar-refractivity contribution >= 4 is 0 Å². The van der Waals surface area contributed by atoms with Gasteiger partial charge in [0.2, 0.25) is 0 Å². The van der Waals surface area contributed by atoms with E-state index >= 15 is 0 Å². The van der Waals surface area contributed by atoms with Crippen molar-refractivity contribution < 1.29 is 0 Å². The number of nitrogens with two attached hydrogens (primary N) is 1. The lowest BCUT2D eigenvalue weighted by atomic mass is 9.74. The van der Waals surface area contributed by atoms with Gasteiger partial charge in [-0.3, -0.25) is 0 Å². The summed E-state index contributed by atoms with van der Waals surface area (Å²) in [4.78, 5) is 0. The van der Waals surface area contributed by atoms with Crippen LogP contribution in [0, 0.1) is 11.8 Å². The summed E-state index contributed by atoms with van der Waals surface area (Å²) in [5.41, 5.74) is 6.08. The van der Waals surface area contributed by atoms with Crippen LogP contribution in [-0.2, 0) is 0 Å². The summed E-state index contributed by atoms with van der Waals surface area (Å²) in [5, 5.41) is 0. The van der Waals surface area contributed by atoms with Crippen molar-refractivity contribution in [3.63, 3.8) is 0 Å². The van der Waals surface area contributed by atoms with Gasteiger partial charge < -0.3 is 5.73 Å².